The van der Waals surface area contributed by atoms with E-state index < -0.39 is 59.3 Å². The summed E-state index contributed by atoms with van der Waals surface area (Å²) in [6.07, 6.45) is 1.80. The first-order valence-corrected chi connectivity index (χ1v) is 19.7. The summed E-state index contributed by atoms with van der Waals surface area (Å²) < 4.78 is 78.4. The molecule has 1 aliphatic heterocycles. The predicted octanol–water partition coefficient (Wildman–Crippen LogP) is 3.60. The van der Waals surface area contributed by atoms with Gasteiger partial charge in [0.05, 0.1) is 11.0 Å². The van der Waals surface area contributed by atoms with E-state index in [0.717, 1.165) is 0 Å². The molecule has 286 valence electrons. The van der Waals surface area contributed by atoms with Gasteiger partial charge >= 0.3 is 5.97 Å². The fourth-order valence-corrected chi connectivity index (χ4v) is 7.57. The van der Waals surface area contributed by atoms with Crippen LogP contribution in [-0.4, -0.2) is 93.0 Å². The number of nitrogens with zero attached hydrogens (tertiary/aromatic N) is 2. The molecule has 4 rings (SSSR count). The minimum atomic E-state index is -5.04. The van der Waals surface area contributed by atoms with Crippen LogP contribution in [0.2, 0.25) is 0 Å². The number of benzene rings is 3. The minimum Gasteiger partial charge on any atom is -0.480 e. The summed E-state index contributed by atoms with van der Waals surface area (Å²) in [6.45, 7) is 4.25. The number of carbonyl (C=O) groups excluding carboxylic acids is 2. The molecule has 2 aromatic carbocycles. The van der Waals surface area contributed by atoms with Crippen LogP contribution < -0.4 is 21.7 Å². The Kier molecular flexibility index (Phi) is 13.3. The van der Waals surface area contributed by atoms with Crippen molar-refractivity contribution in [1.82, 2.24) is 10.2 Å². The maximum Gasteiger partial charge on any atom is 0.320 e. The Morgan fingerprint density at radius 1 is 0.925 bits per heavy atom. The van der Waals surface area contributed by atoms with E-state index in [-0.39, 0.29) is 70.6 Å². The lowest BCUT2D eigenvalue weighted by Crippen LogP contribution is -2.31. The van der Waals surface area contributed by atoms with Crippen LogP contribution in [0.5, 0.6) is 0 Å². The molecule has 1 atom stereocenters. The lowest BCUT2D eigenvalue weighted by Gasteiger charge is -2.23. The highest BCUT2D eigenvalue weighted by Crippen LogP contribution is 2.46. The highest BCUT2D eigenvalue weighted by atomic mass is 32.2. The Balaban J connectivity index is 1.77. The van der Waals surface area contributed by atoms with Gasteiger partial charge in [-0.2, -0.15) is 16.8 Å². The predicted molar refractivity (Wildman–Crippen MR) is 197 cm³/mol. The van der Waals surface area contributed by atoms with Crippen LogP contribution in [0.15, 0.2) is 67.7 Å². The Bertz CT molecular complexity index is 2270. The molecule has 2 aliphatic rings. The molecule has 16 nitrogen and oxygen atoms in total. The van der Waals surface area contributed by atoms with Crippen molar-refractivity contribution in [3.63, 3.8) is 0 Å². The van der Waals surface area contributed by atoms with E-state index >= 15 is 0 Å². The Hall–Kier alpha value is -4.88. The fourth-order valence-electron chi connectivity index (χ4n) is 5.98. The number of fused-ring (bicyclic) bond motifs is 2. The van der Waals surface area contributed by atoms with Crippen molar-refractivity contribution >= 4 is 54.7 Å². The van der Waals surface area contributed by atoms with E-state index in [9.17, 15) is 40.3 Å². The number of aliphatic carboxylic acids is 1. The number of anilines is 1. The number of unbranched alkanes of at least 4 members (excludes halogenated alkanes) is 1. The Morgan fingerprint density at radius 2 is 1.62 bits per heavy atom. The molecular formula is C35H43N5O11S2. The van der Waals surface area contributed by atoms with Crippen molar-refractivity contribution < 1.29 is 49.8 Å². The van der Waals surface area contributed by atoms with Crippen LogP contribution in [0, 0.1) is 0 Å². The highest BCUT2D eigenvalue weighted by molar-refractivity contribution is 7.86. The van der Waals surface area contributed by atoms with Gasteiger partial charge in [-0.25, -0.2) is 0 Å². The van der Waals surface area contributed by atoms with Crippen LogP contribution in [0.4, 0.5) is 5.69 Å². The summed E-state index contributed by atoms with van der Waals surface area (Å²) in [4.78, 5) is 41.5. The second-order valence-corrected chi connectivity index (χ2v) is 14.9. The number of nitrogens with two attached hydrogens (primary N) is 1. The van der Waals surface area contributed by atoms with E-state index in [4.69, 9.17) is 15.3 Å². The molecular weight excluding hydrogens is 731 g/mol. The van der Waals surface area contributed by atoms with Gasteiger partial charge in [0.25, 0.3) is 26.1 Å². The molecule has 18 heteroatoms. The molecule has 0 fully saturated rings. The number of carboxylic acids is 1. The lowest BCUT2D eigenvalue weighted by atomic mass is 9.90. The van der Waals surface area contributed by atoms with Crippen LogP contribution >= 0.6 is 0 Å². The normalized spacial score (nSPS) is 12.9. The summed E-state index contributed by atoms with van der Waals surface area (Å²) in [5.41, 5.74) is 5.72. The first kappa shape index (κ1) is 40.9. The van der Waals surface area contributed by atoms with Gasteiger partial charge in [-0.1, -0.05) is 18.2 Å². The standard InChI is InChI=1S/C35H43N5O11S2/c1-4-37-26-17-15-23-29(24-16-18-27(38-5-2)33(53(48,49)50)31(24)51-30(23)32(26)52(45,46)47)21-11-6-7-12-22(21)34(42)40(3)20-10-14-28(41)39-19-9-8-13-25(36)35(43)44/h6-7,11-12,15-18,25,37H,4-5,8-10,13-14,19-20,36H2,1-3H3,(H,39,41)(H,43,44)(H,45,46,47)(H,48,49,50)/b38-27-. The maximum atomic E-state index is 14.0. The van der Waals surface area contributed by atoms with Crippen molar-refractivity contribution in [3.05, 3.63) is 59.5 Å². The number of carbonyl (C=O) groups is 3. The summed E-state index contributed by atoms with van der Waals surface area (Å²) in [5, 5.41) is 14.5. The maximum absolute atomic E-state index is 14.0. The van der Waals surface area contributed by atoms with Gasteiger partial charge in [0.15, 0.2) is 21.1 Å². The molecule has 2 aromatic rings. The zero-order valence-electron chi connectivity index (χ0n) is 29.5. The van der Waals surface area contributed by atoms with Crippen LogP contribution in [0.3, 0.4) is 0 Å². The summed E-state index contributed by atoms with van der Waals surface area (Å²) in [7, 11) is -8.51. The van der Waals surface area contributed by atoms with Crippen LogP contribution in [0.1, 0.15) is 56.3 Å². The van der Waals surface area contributed by atoms with E-state index in [2.05, 4.69) is 15.6 Å². The van der Waals surface area contributed by atoms with E-state index in [1.807, 2.05) is 0 Å². The minimum absolute atomic E-state index is 0.0325. The van der Waals surface area contributed by atoms with Crippen LogP contribution in [-0.2, 0) is 29.8 Å². The average molecular weight is 774 g/mol. The summed E-state index contributed by atoms with van der Waals surface area (Å²) in [5.74, 6) is -2.24. The van der Waals surface area contributed by atoms with Gasteiger partial charge in [0, 0.05) is 61.7 Å². The van der Waals surface area contributed by atoms with Gasteiger partial charge in [-0.15, -0.1) is 0 Å². The summed E-state index contributed by atoms with van der Waals surface area (Å²) >= 11 is 0. The number of hydrogen-bond donors (Lipinski definition) is 6. The monoisotopic (exact) mass is 773 g/mol. The average Bonchev–Trinajstić information content (AvgIpc) is 3.08. The van der Waals surface area contributed by atoms with Crippen molar-refractivity contribution in [2.45, 2.75) is 61.8 Å². The molecule has 0 saturated heterocycles. The van der Waals surface area contributed by atoms with Gasteiger partial charge in [0.1, 0.15) is 6.04 Å². The fraction of sp³-hybridized carbons (Fsp3) is 0.371. The lowest BCUT2D eigenvalue weighted by molar-refractivity contribution is -0.138. The van der Waals surface area contributed by atoms with Crippen LogP contribution in [0.25, 0.3) is 33.4 Å². The second-order valence-electron chi connectivity index (χ2n) is 12.2. The van der Waals surface area contributed by atoms with Crippen molar-refractivity contribution in [2.75, 3.05) is 38.5 Å². The second kappa shape index (κ2) is 17.3. The quantitative estimate of drug-likeness (QED) is 0.0510. The molecule has 1 aliphatic carbocycles. The molecule has 2 amide bonds. The molecule has 0 saturated carbocycles. The van der Waals surface area contributed by atoms with Crippen molar-refractivity contribution in [1.29, 1.82) is 0 Å². The number of carboxylic acid groups (broad SMARTS) is 1. The first-order chi connectivity index (χ1) is 25.0. The first-order valence-electron chi connectivity index (χ1n) is 16.9. The van der Waals surface area contributed by atoms with E-state index in [0.29, 0.717) is 32.2 Å². The topological polar surface area (TPSA) is 259 Å². The largest absolute Gasteiger partial charge is 0.480 e. The van der Waals surface area contributed by atoms with Gasteiger partial charge < -0.3 is 30.8 Å². The SMILES string of the molecule is CC/N=c1/ccc2c(-c3ccccc3C(=O)N(C)CCCC(=O)NCCCCC(N)C(=O)O)c3ccc(NCC)c(S(=O)(=O)O)c3oc-2c1S(=O)(=O)O. The molecule has 7 N–H and O–H groups in total. The number of rotatable bonds is 17. The zero-order valence-corrected chi connectivity index (χ0v) is 31.1. The smallest absolute Gasteiger partial charge is 0.320 e. The van der Waals surface area contributed by atoms with Crippen molar-refractivity contribution in [3.8, 4) is 22.5 Å². The molecule has 1 heterocycles. The van der Waals surface area contributed by atoms with Crippen molar-refractivity contribution in [2.24, 2.45) is 10.7 Å². The number of hydrogen-bond acceptors (Lipinski definition) is 11. The Morgan fingerprint density at radius 3 is 2.26 bits per heavy atom. The van der Waals surface area contributed by atoms with Gasteiger partial charge in [0.2, 0.25) is 5.91 Å². The van der Waals surface area contributed by atoms with E-state index in [1.165, 1.54) is 29.2 Å². The van der Waals surface area contributed by atoms with Gasteiger partial charge in [-0.3, -0.25) is 28.5 Å². The number of nitrogens with one attached hydrogen (secondary N) is 2. The van der Waals surface area contributed by atoms with Gasteiger partial charge in [-0.05, 0) is 75.4 Å². The molecule has 53 heavy (non-hydrogen) atoms. The summed E-state index contributed by atoms with van der Waals surface area (Å²) in [6, 6.07) is 11.2. The Labute approximate surface area is 306 Å². The number of amides is 2. The third-order valence-corrected chi connectivity index (χ3v) is 10.2. The molecule has 0 radical (unpaired) electrons. The zero-order chi connectivity index (χ0) is 39.1. The highest BCUT2D eigenvalue weighted by Gasteiger charge is 2.32. The third kappa shape index (κ3) is 9.57. The van der Waals surface area contributed by atoms with E-state index in [1.54, 1.807) is 45.2 Å². The molecule has 0 aromatic heterocycles. The molecule has 1 unspecified atom stereocenters. The third-order valence-electron chi connectivity index (χ3n) is 8.41. The molecule has 0 bridgehead atoms. The molecule has 0 spiro atoms.